The van der Waals surface area contributed by atoms with Gasteiger partial charge in [-0.1, -0.05) is 0 Å². The lowest BCUT2D eigenvalue weighted by atomic mass is 10.1. The molecule has 3 fully saturated rings. The molecule has 0 aromatic carbocycles. The van der Waals surface area contributed by atoms with E-state index >= 15 is 0 Å². The van der Waals surface area contributed by atoms with Gasteiger partial charge in [0.05, 0.1) is 11.6 Å². The second-order valence-corrected chi connectivity index (χ2v) is 4.49. The van der Waals surface area contributed by atoms with Crippen LogP contribution in [0.25, 0.3) is 0 Å². The Morgan fingerprint density at radius 1 is 1.24 bits per heavy atom. The van der Waals surface area contributed by atoms with Crippen molar-refractivity contribution < 1.29 is 9.90 Å². The average molecular weight is 234 g/mol. The van der Waals surface area contributed by atoms with Gasteiger partial charge in [-0.3, -0.25) is 9.80 Å². The monoisotopic (exact) mass is 234 g/mol. The summed E-state index contributed by atoms with van der Waals surface area (Å²) in [6, 6.07) is 0.223. The van der Waals surface area contributed by atoms with Crippen molar-refractivity contribution in [1.29, 1.82) is 0 Å². The Labute approximate surface area is 98.9 Å². The third-order valence-electron chi connectivity index (χ3n) is 3.50. The molecular formula is C11H14N4O2. The standard InChI is InChI=1S/C11H14N4O2/c16-11(17)8-5-12-10(13-6-8)9-7-14-1-3-15(9)4-2-14/h5-6,9H,1-4,7H2,(H,16,17). The molecule has 1 atom stereocenters. The SMILES string of the molecule is O=C(O)c1cnc(C2CN3CCN2CC3)nc1. The Balaban J connectivity index is 1.82. The van der Waals surface area contributed by atoms with Crippen molar-refractivity contribution in [2.24, 2.45) is 0 Å². The maximum Gasteiger partial charge on any atom is 0.338 e. The van der Waals surface area contributed by atoms with E-state index < -0.39 is 5.97 Å². The van der Waals surface area contributed by atoms with Crippen molar-refractivity contribution in [2.45, 2.75) is 6.04 Å². The Morgan fingerprint density at radius 3 is 2.35 bits per heavy atom. The molecule has 3 aliphatic heterocycles. The van der Waals surface area contributed by atoms with Crippen molar-refractivity contribution >= 4 is 5.97 Å². The number of carboxylic acid groups (broad SMARTS) is 1. The first-order valence-corrected chi connectivity index (χ1v) is 5.75. The van der Waals surface area contributed by atoms with Gasteiger partial charge in [-0.2, -0.15) is 0 Å². The summed E-state index contributed by atoms with van der Waals surface area (Å²) >= 11 is 0. The number of hydrogen-bond donors (Lipinski definition) is 1. The van der Waals surface area contributed by atoms with Gasteiger partial charge >= 0.3 is 5.97 Å². The summed E-state index contributed by atoms with van der Waals surface area (Å²) in [6.45, 7) is 5.28. The predicted molar refractivity (Wildman–Crippen MR) is 59.7 cm³/mol. The zero-order valence-corrected chi connectivity index (χ0v) is 9.41. The van der Waals surface area contributed by atoms with E-state index in [0.29, 0.717) is 0 Å². The largest absolute Gasteiger partial charge is 0.478 e. The predicted octanol–water partition coefficient (Wildman–Crippen LogP) is -0.153. The molecule has 4 heterocycles. The summed E-state index contributed by atoms with van der Waals surface area (Å²) in [4.78, 5) is 23.9. The summed E-state index contributed by atoms with van der Waals surface area (Å²) in [5.41, 5.74) is 0.144. The lowest BCUT2D eigenvalue weighted by Gasteiger charge is -2.46. The van der Waals surface area contributed by atoms with Crippen LogP contribution in [0.3, 0.4) is 0 Å². The maximum absolute atomic E-state index is 10.7. The minimum absolute atomic E-state index is 0.144. The van der Waals surface area contributed by atoms with Crippen LogP contribution in [-0.2, 0) is 0 Å². The molecule has 6 heteroatoms. The summed E-state index contributed by atoms with van der Waals surface area (Å²) in [6.07, 6.45) is 2.78. The maximum atomic E-state index is 10.7. The lowest BCUT2D eigenvalue weighted by Crippen LogP contribution is -2.57. The second-order valence-electron chi connectivity index (χ2n) is 4.49. The van der Waals surface area contributed by atoms with E-state index in [4.69, 9.17) is 5.11 Å². The molecular weight excluding hydrogens is 220 g/mol. The fourth-order valence-corrected chi connectivity index (χ4v) is 2.48. The molecule has 4 rings (SSSR count). The van der Waals surface area contributed by atoms with E-state index in [-0.39, 0.29) is 11.6 Å². The molecule has 0 aliphatic carbocycles. The summed E-state index contributed by atoms with van der Waals surface area (Å²) in [7, 11) is 0. The molecule has 0 radical (unpaired) electrons. The molecule has 1 N–H and O–H groups in total. The van der Waals surface area contributed by atoms with Crippen molar-refractivity contribution in [3.8, 4) is 0 Å². The highest BCUT2D eigenvalue weighted by molar-refractivity contribution is 5.86. The minimum Gasteiger partial charge on any atom is -0.478 e. The van der Waals surface area contributed by atoms with E-state index in [1.54, 1.807) is 0 Å². The molecule has 17 heavy (non-hydrogen) atoms. The Kier molecular flexibility index (Phi) is 2.53. The summed E-state index contributed by atoms with van der Waals surface area (Å²) in [5, 5.41) is 8.79. The first-order chi connectivity index (χ1) is 8.24. The molecule has 1 unspecified atom stereocenters. The van der Waals surface area contributed by atoms with Gasteiger partial charge in [-0.05, 0) is 0 Å². The number of aromatic carboxylic acids is 1. The van der Waals surface area contributed by atoms with E-state index in [1.165, 1.54) is 12.4 Å². The minimum atomic E-state index is -0.981. The molecule has 0 amide bonds. The Bertz CT molecular complexity index is 426. The lowest BCUT2D eigenvalue weighted by molar-refractivity contribution is 0.00860. The van der Waals surface area contributed by atoms with E-state index in [9.17, 15) is 4.79 Å². The van der Waals surface area contributed by atoms with E-state index in [2.05, 4.69) is 19.8 Å². The van der Waals surface area contributed by atoms with Crippen molar-refractivity contribution in [3.05, 3.63) is 23.8 Å². The molecule has 3 saturated heterocycles. The Morgan fingerprint density at radius 2 is 1.88 bits per heavy atom. The first-order valence-electron chi connectivity index (χ1n) is 5.75. The van der Waals surface area contributed by atoms with Crippen LogP contribution in [0.4, 0.5) is 0 Å². The van der Waals surface area contributed by atoms with Gasteiger partial charge < -0.3 is 5.11 Å². The van der Waals surface area contributed by atoms with E-state index in [1.807, 2.05) is 0 Å². The zero-order valence-electron chi connectivity index (χ0n) is 9.41. The number of carbonyl (C=O) groups is 1. The van der Waals surface area contributed by atoms with Crippen molar-refractivity contribution in [3.63, 3.8) is 0 Å². The van der Waals surface area contributed by atoms with Crippen LogP contribution in [0, 0.1) is 0 Å². The van der Waals surface area contributed by atoms with Gasteiger partial charge in [0.2, 0.25) is 0 Å². The van der Waals surface area contributed by atoms with Crippen LogP contribution in [0.15, 0.2) is 12.4 Å². The van der Waals surface area contributed by atoms with Crippen LogP contribution in [-0.4, -0.2) is 63.6 Å². The molecule has 1 aromatic rings. The third-order valence-corrected chi connectivity index (χ3v) is 3.50. The smallest absolute Gasteiger partial charge is 0.338 e. The quantitative estimate of drug-likeness (QED) is 0.767. The molecule has 0 saturated carbocycles. The number of piperazine rings is 3. The topological polar surface area (TPSA) is 69.6 Å². The summed E-state index contributed by atoms with van der Waals surface area (Å²) < 4.78 is 0. The van der Waals surface area contributed by atoms with Crippen LogP contribution in [0.5, 0.6) is 0 Å². The fourth-order valence-electron chi connectivity index (χ4n) is 2.48. The highest BCUT2D eigenvalue weighted by Crippen LogP contribution is 2.26. The normalized spacial score (nSPS) is 31.4. The van der Waals surface area contributed by atoms with Crippen molar-refractivity contribution in [1.82, 2.24) is 19.8 Å². The molecule has 2 bridgehead atoms. The zero-order chi connectivity index (χ0) is 11.8. The molecule has 3 aliphatic rings. The second kappa shape index (κ2) is 4.05. The highest BCUT2D eigenvalue weighted by Gasteiger charge is 2.34. The van der Waals surface area contributed by atoms with Gasteiger partial charge in [0.15, 0.2) is 0 Å². The number of fused-ring (bicyclic) bond motifs is 3. The summed E-state index contributed by atoms with van der Waals surface area (Å²) in [5.74, 6) is -0.245. The molecule has 1 aromatic heterocycles. The number of carboxylic acids is 1. The van der Waals surface area contributed by atoms with Crippen LogP contribution in [0.1, 0.15) is 22.2 Å². The van der Waals surface area contributed by atoms with Gasteiger partial charge in [-0.25, -0.2) is 14.8 Å². The average Bonchev–Trinajstić information content (AvgIpc) is 2.40. The van der Waals surface area contributed by atoms with Gasteiger partial charge in [0.1, 0.15) is 5.82 Å². The number of nitrogens with zero attached hydrogens (tertiary/aromatic N) is 4. The third kappa shape index (κ3) is 1.89. The van der Waals surface area contributed by atoms with Crippen LogP contribution < -0.4 is 0 Å². The van der Waals surface area contributed by atoms with Gasteiger partial charge in [0.25, 0.3) is 0 Å². The van der Waals surface area contributed by atoms with Crippen molar-refractivity contribution in [2.75, 3.05) is 32.7 Å². The number of aromatic nitrogens is 2. The van der Waals surface area contributed by atoms with Crippen LogP contribution in [0.2, 0.25) is 0 Å². The highest BCUT2D eigenvalue weighted by atomic mass is 16.4. The van der Waals surface area contributed by atoms with Gasteiger partial charge in [0, 0.05) is 45.1 Å². The number of rotatable bonds is 2. The molecule has 0 spiro atoms. The Hall–Kier alpha value is -1.53. The number of hydrogen-bond acceptors (Lipinski definition) is 5. The van der Waals surface area contributed by atoms with Gasteiger partial charge in [-0.15, -0.1) is 0 Å². The first kappa shape index (κ1) is 10.6. The fraction of sp³-hybridized carbons (Fsp3) is 0.545. The van der Waals surface area contributed by atoms with E-state index in [0.717, 1.165) is 38.5 Å². The molecule has 6 nitrogen and oxygen atoms in total. The molecule has 90 valence electrons. The van der Waals surface area contributed by atoms with Crippen LogP contribution >= 0.6 is 0 Å².